The largest absolute Gasteiger partial charge is 0.508 e. The maximum absolute atomic E-state index is 12.0. The lowest BCUT2D eigenvalue weighted by Gasteiger charge is -2.13. The molecular weight excluding hydrogens is 308 g/mol. The first-order valence-electron chi connectivity index (χ1n) is 8.66. The molecule has 1 rings (SSSR count). The molecule has 0 aliphatic rings. The van der Waals surface area contributed by atoms with Crippen molar-refractivity contribution in [2.75, 3.05) is 13.2 Å². The highest BCUT2D eigenvalue weighted by Crippen LogP contribution is 2.10. The number of benzene rings is 1. The fourth-order valence-corrected chi connectivity index (χ4v) is 2.05. The van der Waals surface area contributed by atoms with Crippen molar-refractivity contribution in [1.82, 2.24) is 0 Å². The Labute approximate surface area is 144 Å². The zero-order valence-corrected chi connectivity index (χ0v) is 14.9. The first-order chi connectivity index (χ1) is 11.6. The van der Waals surface area contributed by atoms with E-state index in [1.807, 2.05) is 26.0 Å². The fraction of sp³-hybridized carbons (Fsp3) is 0.579. The zero-order chi connectivity index (χ0) is 17.8. The molecule has 24 heavy (non-hydrogen) atoms. The summed E-state index contributed by atoms with van der Waals surface area (Å²) in [5.41, 5.74) is 1.73. The van der Waals surface area contributed by atoms with Crippen molar-refractivity contribution >= 4 is 12.1 Å². The minimum absolute atomic E-state index is 0.233. The molecule has 1 aromatic rings. The molecule has 1 atom stereocenters. The van der Waals surface area contributed by atoms with Crippen LogP contribution in [0.1, 0.15) is 62.4 Å². The van der Waals surface area contributed by atoms with Gasteiger partial charge in [0.2, 0.25) is 0 Å². The number of hydrogen-bond acceptors (Lipinski definition) is 5. The maximum Gasteiger partial charge on any atom is 0.508 e. The number of carbonyl (C=O) groups excluding carboxylic acids is 2. The van der Waals surface area contributed by atoms with E-state index in [9.17, 15) is 9.59 Å². The van der Waals surface area contributed by atoms with E-state index in [0.29, 0.717) is 25.0 Å². The van der Waals surface area contributed by atoms with Crippen LogP contribution in [0, 0.1) is 0 Å². The first-order valence-corrected chi connectivity index (χ1v) is 8.66. The molecular formula is C19H28O5. The zero-order valence-electron chi connectivity index (χ0n) is 14.9. The highest BCUT2D eigenvalue weighted by atomic mass is 16.7. The molecule has 0 saturated heterocycles. The Morgan fingerprint density at radius 1 is 1.00 bits per heavy atom. The van der Waals surface area contributed by atoms with Crippen molar-refractivity contribution in [3.63, 3.8) is 0 Å². The third-order valence-corrected chi connectivity index (χ3v) is 3.60. The maximum atomic E-state index is 12.0. The second-order valence-electron chi connectivity index (χ2n) is 5.71. The third-order valence-electron chi connectivity index (χ3n) is 3.60. The third kappa shape index (κ3) is 7.99. The summed E-state index contributed by atoms with van der Waals surface area (Å²) < 4.78 is 15.2. The summed E-state index contributed by atoms with van der Waals surface area (Å²) in [6.07, 6.45) is 3.12. The highest BCUT2D eigenvalue weighted by Gasteiger charge is 2.12. The van der Waals surface area contributed by atoms with Gasteiger partial charge in [-0.15, -0.1) is 0 Å². The lowest BCUT2D eigenvalue weighted by molar-refractivity contribution is 0.0270. The molecule has 0 aliphatic carbocycles. The monoisotopic (exact) mass is 336 g/mol. The molecule has 5 nitrogen and oxygen atoms in total. The molecule has 0 saturated carbocycles. The van der Waals surface area contributed by atoms with Crippen LogP contribution >= 0.6 is 0 Å². The Morgan fingerprint density at radius 3 is 2.21 bits per heavy atom. The van der Waals surface area contributed by atoms with Gasteiger partial charge in [-0.25, -0.2) is 9.59 Å². The fourth-order valence-electron chi connectivity index (χ4n) is 2.05. The highest BCUT2D eigenvalue weighted by molar-refractivity contribution is 5.89. The summed E-state index contributed by atoms with van der Waals surface area (Å²) in [6.45, 7) is 6.57. The predicted octanol–water partition coefficient (Wildman–Crippen LogP) is 4.53. The first kappa shape index (κ1) is 20.0. The Balaban J connectivity index is 2.19. The SMILES string of the molecule is CCCCOC(=O)OCCCC(C)OC(=O)c1ccc(CC)cc1. The van der Waals surface area contributed by atoms with Gasteiger partial charge in [-0.3, -0.25) is 0 Å². The summed E-state index contributed by atoms with van der Waals surface area (Å²) >= 11 is 0. The van der Waals surface area contributed by atoms with Crippen molar-refractivity contribution < 1.29 is 23.8 Å². The van der Waals surface area contributed by atoms with E-state index in [2.05, 4.69) is 6.92 Å². The molecule has 0 amide bonds. The van der Waals surface area contributed by atoms with Crippen LogP contribution in [-0.4, -0.2) is 31.4 Å². The van der Waals surface area contributed by atoms with Gasteiger partial charge < -0.3 is 14.2 Å². The van der Waals surface area contributed by atoms with Gasteiger partial charge in [0.05, 0.1) is 24.9 Å². The van der Waals surface area contributed by atoms with Gasteiger partial charge >= 0.3 is 12.1 Å². The molecule has 0 bridgehead atoms. The van der Waals surface area contributed by atoms with Crippen LogP contribution in [0.25, 0.3) is 0 Å². The van der Waals surface area contributed by atoms with Crippen LogP contribution in [0.2, 0.25) is 0 Å². The van der Waals surface area contributed by atoms with E-state index < -0.39 is 6.16 Å². The van der Waals surface area contributed by atoms with E-state index in [1.54, 1.807) is 12.1 Å². The van der Waals surface area contributed by atoms with Gasteiger partial charge in [0, 0.05) is 0 Å². The molecule has 0 aliphatic heterocycles. The topological polar surface area (TPSA) is 61.8 Å². The number of rotatable bonds is 10. The number of hydrogen-bond donors (Lipinski definition) is 0. The summed E-state index contributed by atoms with van der Waals surface area (Å²) in [5, 5.41) is 0. The molecule has 5 heteroatoms. The Hall–Kier alpha value is -2.04. The van der Waals surface area contributed by atoms with Crippen molar-refractivity contribution in [1.29, 1.82) is 0 Å². The van der Waals surface area contributed by atoms with E-state index in [-0.39, 0.29) is 18.7 Å². The number of unbranched alkanes of at least 4 members (excludes halogenated alkanes) is 1. The van der Waals surface area contributed by atoms with Gasteiger partial charge in [-0.1, -0.05) is 32.4 Å². The molecule has 0 spiro atoms. The average molecular weight is 336 g/mol. The minimum atomic E-state index is -0.635. The molecule has 0 N–H and O–H groups in total. The predicted molar refractivity (Wildman–Crippen MR) is 92.1 cm³/mol. The molecule has 1 unspecified atom stereocenters. The summed E-state index contributed by atoms with van der Waals surface area (Å²) in [7, 11) is 0. The molecule has 1 aromatic carbocycles. The molecule has 0 fully saturated rings. The molecule has 134 valence electrons. The van der Waals surface area contributed by atoms with E-state index in [1.165, 1.54) is 5.56 Å². The van der Waals surface area contributed by atoms with E-state index >= 15 is 0 Å². The van der Waals surface area contributed by atoms with Crippen molar-refractivity contribution in [3.8, 4) is 0 Å². The summed E-state index contributed by atoms with van der Waals surface area (Å²) in [6, 6.07) is 7.42. The van der Waals surface area contributed by atoms with Crippen molar-refractivity contribution in [3.05, 3.63) is 35.4 Å². The van der Waals surface area contributed by atoms with Crippen LogP contribution in [0.15, 0.2) is 24.3 Å². The second-order valence-corrected chi connectivity index (χ2v) is 5.71. The molecule has 0 heterocycles. The Bertz CT molecular complexity index is 495. The number of ether oxygens (including phenoxy) is 3. The summed E-state index contributed by atoms with van der Waals surface area (Å²) in [5.74, 6) is -0.329. The number of aryl methyl sites for hydroxylation is 1. The van der Waals surface area contributed by atoms with Crippen LogP contribution < -0.4 is 0 Å². The van der Waals surface area contributed by atoms with Gasteiger partial charge in [-0.05, 0) is 50.3 Å². The van der Waals surface area contributed by atoms with Gasteiger partial charge in [0.25, 0.3) is 0 Å². The van der Waals surface area contributed by atoms with Crippen LogP contribution in [0.5, 0.6) is 0 Å². The van der Waals surface area contributed by atoms with Crippen molar-refractivity contribution in [2.24, 2.45) is 0 Å². The Kier molecular flexibility index (Phi) is 9.58. The molecule has 0 radical (unpaired) electrons. The molecule has 0 aromatic heterocycles. The minimum Gasteiger partial charge on any atom is -0.459 e. The van der Waals surface area contributed by atoms with E-state index in [0.717, 1.165) is 19.3 Å². The number of carbonyl (C=O) groups is 2. The Morgan fingerprint density at radius 2 is 1.62 bits per heavy atom. The lowest BCUT2D eigenvalue weighted by atomic mass is 10.1. The van der Waals surface area contributed by atoms with Crippen molar-refractivity contribution in [2.45, 2.75) is 59.0 Å². The lowest BCUT2D eigenvalue weighted by Crippen LogP contribution is -2.16. The average Bonchev–Trinajstić information content (AvgIpc) is 2.59. The van der Waals surface area contributed by atoms with Gasteiger partial charge in [-0.2, -0.15) is 0 Å². The normalized spacial score (nSPS) is 11.6. The smallest absolute Gasteiger partial charge is 0.459 e. The second kappa shape index (κ2) is 11.5. The van der Waals surface area contributed by atoms with Gasteiger partial charge in [0.1, 0.15) is 0 Å². The van der Waals surface area contributed by atoms with E-state index in [4.69, 9.17) is 14.2 Å². The summed E-state index contributed by atoms with van der Waals surface area (Å²) in [4.78, 5) is 23.3. The van der Waals surface area contributed by atoms with Gasteiger partial charge in [0.15, 0.2) is 0 Å². The quantitative estimate of drug-likeness (QED) is 0.464. The number of esters is 1. The van der Waals surface area contributed by atoms with Crippen LogP contribution in [-0.2, 0) is 20.6 Å². The van der Waals surface area contributed by atoms with Crippen LogP contribution in [0.3, 0.4) is 0 Å². The van der Waals surface area contributed by atoms with Crippen LogP contribution in [0.4, 0.5) is 4.79 Å². The standard InChI is InChI=1S/C19H28O5/c1-4-6-13-22-19(21)23-14-7-8-15(3)24-18(20)17-11-9-16(5-2)10-12-17/h9-12,15H,4-8,13-14H2,1-3H3.